The fourth-order valence-corrected chi connectivity index (χ4v) is 3.33. The van der Waals surface area contributed by atoms with Crippen molar-refractivity contribution in [2.75, 3.05) is 27.2 Å². The Morgan fingerprint density at radius 2 is 1.36 bits per heavy atom. The summed E-state index contributed by atoms with van der Waals surface area (Å²) in [4.78, 5) is 53.1. The Morgan fingerprint density at radius 3 is 1.89 bits per heavy atom. The zero-order chi connectivity index (χ0) is 21.8. The van der Waals surface area contributed by atoms with Crippen molar-refractivity contribution in [3.8, 4) is 0 Å². The third-order valence-corrected chi connectivity index (χ3v) is 5.52. The van der Waals surface area contributed by atoms with Gasteiger partial charge in [-0.05, 0) is 33.6 Å². The number of hydrogen-bond donors (Lipinski definition) is 0. The largest absolute Gasteiger partial charge is 0.344 e. The Hall–Kier alpha value is -2.24. The number of carbonyl (C=O) groups excluding carboxylic acids is 4. The van der Waals surface area contributed by atoms with Gasteiger partial charge in [-0.15, -0.1) is 0 Å². The van der Waals surface area contributed by atoms with Gasteiger partial charge in [0.1, 0.15) is 0 Å². The number of amides is 2. The van der Waals surface area contributed by atoms with Crippen molar-refractivity contribution in [1.82, 2.24) is 9.80 Å². The molecule has 1 rings (SSSR count). The molecule has 0 aromatic rings. The molecular weight excluding hydrogens is 356 g/mol. The van der Waals surface area contributed by atoms with E-state index in [2.05, 4.69) is 0 Å². The molecule has 0 saturated heterocycles. The minimum atomic E-state index is -0.835. The summed E-state index contributed by atoms with van der Waals surface area (Å²) in [6.07, 6.45) is 1.50. The highest BCUT2D eigenvalue weighted by atomic mass is 16.2. The van der Waals surface area contributed by atoms with Crippen LogP contribution >= 0.6 is 0 Å². The molecule has 0 unspecified atom stereocenters. The van der Waals surface area contributed by atoms with E-state index in [0.717, 1.165) is 6.42 Å². The Kier molecular flexibility index (Phi) is 7.91. The zero-order valence-electron chi connectivity index (χ0n) is 18.6. The van der Waals surface area contributed by atoms with Crippen LogP contribution in [0.4, 0.5) is 0 Å². The van der Waals surface area contributed by atoms with E-state index >= 15 is 0 Å². The Balaban J connectivity index is 2.86. The molecule has 0 N–H and O–H groups in total. The van der Waals surface area contributed by atoms with Gasteiger partial charge >= 0.3 is 0 Å². The molecule has 156 valence electrons. The average molecular weight is 391 g/mol. The molecule has 0 aromatic carbocycles. The van der Waals surface area contributed by atoms with Crippen LogP contribution in [-0.2, 0) is 19.2 Å². The molecule has 28 heavy (non-hydrogen) atoms. The summed E-state index contributed by atoms with van der Waals surface area (Å²) in [6.45, 7) is 11.4. The molecule has 0 atom stereocenters. The van der Waals surface area contributed by atoms with Gasteiger partial charge in [-0.1, -0.05) is 20.8 Å². The van der Waals surface area contributed by atoms with Gasteiger partial charge in [0.2, 0.25) is 11.8 Å². The van der Waals surface area contributed by atoms with Crippen molar-refractivity contribution in [1.29, 1.82) is 0 Å². The van der Waals surface area contributed by atoms with Crippen LogP contribution < -0.4 is 0 Å². The molecule has 0 saturated carbocycles. The molecule has 2 amide bonds. The highest BCUT2D eigenvalue weighted by Gasteiger charge is 2.36. The molecule has 1 aliphatic rings. The minimum Gasteiger partial charge on any atom is -0.344 e. The van der Waals surface area contributed by atoms with Gasteiger partial charge in [-0.2, -0.15) is 0 Å². The number of likely N-dealkylation sites (N-methyl/N-ethyl adjacent to an activating group) is 2. The lowest BCUT2D eigenvalue weighted by Crippen LogP contribution is -2.43. The van der Waals surface area contributed by atoms with Crippen LogP contribution in [0.5, 0.6) is 0 Å². The zero-order valence-corrected chi connectivity index (χ0v) is 18.6. The van der Waals surface area contributed by atoms with Crippen LogP contribution in [0.2, 0.25) is 0 Å². The normalized spacial score (nSPS) is 15.3. The Labute approximate surface area is 168 Å². The number of ketones is 2. The highest BCUT2D eigenvalue weighted by Crippen LogP contribution is 2.34. The summed E-state index contributed by atoms with van der Waals surface area (Å²) in [7, 11) is 3.44. The lowest BCUT2D eigenvalue weighted by atomic mass is 9.76. The van der Waals surface area contributed by atoms with Crippen molar-refractivity contribution in [2.45, 2.75) is 60.8 Å². The van der Waals surface area contributed by atoms with E-state index in [1.54, 1.807) is 58.5 Å². The monoisotopic (exact) mass is 390 g/mol. The quantitative estimate of drug-likeness (QED) is 0.597. The second-order valence-electron chi connectivity index (χ2n) is 8.36. The number of nitrogens with zero attached hydrogens (tertiary/aromatic N) is 2. The summed E-state index contributed by atoms with van der Waals surface area (Å²) in [5.41, 5.74) is 0.959. The summed E-state index contributed by atoms with van der Waals surface area (Å²) in [5, 5.41) is 0. The summed E-state index contributed by atoms with van der Waals surface area (Å²) in [5.74, 6) is -0.330. The number of carbonyl (C=O) groups is 4. The summed E-state index contributed by atoms with van der Waals surface area (Å²) in [6, 6.07) is 0. The maximum absolute atomic E-state index is 13.0. The number of Topliss-reactive ketones (excluding diaryl/α,β-unsaturated/α-hetero) is 2. The molecule has 0 aromatic heterocycles. The van der Waals surface area contributed by atoms with E-state index in [1.165, 1.54) is 0 Å². The molecule has 1 aliphatic carbocycles. The van der Waals surface area contributed by atoms with E-state index in [4.69, 9.17) is 0 Å². The highest BCUT2D eigenvalue weighted by molar-refractivity contribution is 6.24. The standard InChI is InChI=1S/C22H34N2O4/c1-9-10-18(25)23(7)11-12-24(8)21(28)22(5,6)13-17-16(4)19(26)14(2)15(3)20(17)27/h9-13H2,1-8H3. The second kappa shape index (κ2) is 9.30. The van der Waals surface area contributed by atoms with Gasteiger partial charge in [0.05, 0.1) is 0 Å². The maximum atomic E-state index is 13.0. The molecule has 0 radical (unpaired) electrons. The van der Waals surface area contributed by atoms with Crippen molar-refractivity contribution in [3.63, 3.8) is 0 Å². The number of allylic oxidation sites excluding steroid dienone is 4. The number of rotatable bonds is 8. The van der Waals surface area contributed by atoms with Crippen molar-refractivity contribution >= 4 is 23.4 Å². The van der Waals surface area contributed by atoms with Crippen molar-refractivity contribution < 1.29 is 19.2 Å². The van der Waals surface area contributed by atoms with Crippen molar-refractivity contribution in [3.05, 3.63) is 22.3 Å². The number of hydrogen-bond acceptors (Lipinski definition) is 4. The Bertz CT molecular complexity index is 744. The van der Waals surface area contributed by atoms with Crippen LogP contribution in [-0.4, -0.2) is 60.4 Å². The molecule has 0 heterocycles. The van der Waals surface area contributed by atoms with Gasteiger partial charge in [0.25, 0.3) is 0 Å². The fourth-order valence-electron chi connectivity index (χ4n) is 3.33. The maximum Gasteiger partial charge on any atom is 0.228 e. The van der Waals surface area contributed by atoms with Gasteiger partial charge in [0, 0.05) is 61.3 Å². The van der Waals surface area contributed by atoms with Crippen LogP contribution in [0.1, 0.15) is 60.8 Å². The van der Waals surface area contributed by atoms with Crippen LogP contribution in [0, 0.1) is 5.41 Å². The van der Waals surface area contributed by atoms with Gasteiger partial charge in [0.15, 0.2) is 11.6 Å². The fraction of sp³-hybridized carbons (Fsp3) is 0.636. The van der Waals surface area contributed by atoms with Crippen LogP contribution in [0.25, 0.3) is 0 Å². The first-order valence-corrected chi connectivity index (χ1v) is 9.81. The SMILES string of the molecule is CCCC(=O)N(C)CCN(C)C(=O)C(C)(C)CC1=C(C)C(=O)C(C)=C(C)C1=O. The van der Waals surface area contributed by atoms with E-state index in [9.17, 15) is 19.2 Å². The first-order chi connectivity index (χ1) is 12.8. The third kappa shape index (κ3) is 5.18. The Morgan fingerprint density at radius 1 is 0.857 bits per heavy atom. The van der Waals surface area contributed by atoms with Crippen molar-refractivity contribution in [2.24, 2.45) is 5.41 Å². The van der Waals surface area contributed by atoms with Gasteiger partial charge in [-0.3, -0.25) is 19.2 Å². The van der Waals surface area contributed by atoms with Gasteiger partial charge in [-0.25, -0.2) is 0 Å². The lowest BCUT2D eigenvalue weighted by molar-refractivity contribution is -0.140. The molecule has 0 fully saturated rings. The van der Waals surface area contributed by atoms with Crippen LogP contribution in [0.15, 0.2) is 22.3 Å². The molecule has 0 bridgehead atoms. The van der Waals surface area contributed by atoms with E-state index in [-0.39, 0.29) is 29.8 Å². The molecule has 6 nitrogen and oxygen atoms in total. The average Bonchev–Trinajstić information content (AvgIpc) is 2.65. The van der Waals surface area contributed by atoms with Gasteiger partial charge < -0.3 is 9.80 Å². The first kappa shape index (κ1) is 23.8. The van der Waals surface area contributed by atoms with E-state index in [1.807, 2.05) is 6.92 Å². The predicted octanol–water partition coefficient (Wildman–Crippen LogP) is 2.92. The molecule has 6 heteroatoms. The summed E-state index contributed by atoms with van der Waals surface area (Å²) >= 11 is 0. The molecular formula is C22H34N2O4. The topological polar surface area (TPSA) is 74.8 Å². The smallest absolute Gasteiger partial charge is 0.228 e. The molecule has 0 aliphatic heterocycles. The van der Waals surface area contributed by atoms with E-state index in [0.29, 0.717) is 41.8 Å². The summed E-state index contributed by atoms with van der Waals surface area (Å²) < 4.78 is 0. The van der Waals surface area contributed by atoms with Crippen LogP contribution in [0.3, 0.4) is 0 Å². The second-order valence-corrected chi connectivity index (χ2v) is 8.36. The lowest BCUT2D eigenvalue weighted by Gasteiger charge is -2.32. The third-order valence-electron chi connectivity index (χ3n) is 5.52. The first-order valence-electron chi connectivity index (χ1n) is 9.81. The molecule has 0 spiro atoms. The minimum absolute atomic E-state index is 0.0623. The predicted molar refractivity (Wildman–Crippen MR) is 110 cm³/mol. The van der Waals surface area contributed by atoms with E-state index < -0.39 is 5.41 Å².